The lowest BCUT2D eigenvalue weighted by Gasteiger charge is -2.19. The highest BCUT2D eigenvalue weighted by atomic mass is 32.2. The van der Waals surface area contributed by atoms with E-state index < -0.39 is 21.3 Å². The van der Waals surface area contributed by atoms with Gasteiger partial charge in [-0.15, -0.1) is 0 Å². The van der Waals surface area contributed by atoms with Crippen molar-refractivity contribution in [2.45, 2.75) is 52.3 Å². The standard InChI is InChI=1S/C10H21NO3S/c1-7(2)6-10(9(5)12)11-15(13,14)8(3)4/h7-8,10-11H,6H2,1-5H3/t10-/m0/s1. The predicted octanol–water partition coefficient (Wildman–Crippen LogP) is 1.32. The molecule has 5 heteroatoms. The maximum Gasteiger partial charge on any atom is 0.214 e. The topological polar surface area (TPSA) is 63.2 Å². The number of nitrogens with one attached hydrogen (secondary N) is 1. The van der Waals surface area contributed by atoms with E-state index in [4.69, 9.17) is 0 Å². The third-order valence-corrected chi connectivity index (χ3v) is 3.98. The van der Waals surface area contributed by atoms with Gasteiger partial charge in [-0.3, -0.25) is 4.79 Å². The van der Waals surface area contributed by atoms with E-state index in [-0.39, 0.29) is 11.7 Å². The quantitative estimate of drug-likeness (QED) is 0.755. The van der Waals surface area contributed by atoms with Crippen LogP contribution in [-0.4, -0.2) is 25.5 Å². The molecular weight excluding hydrogens is 214 g/mol. The molecule has 15 heavy (non-hydrogen) atoms. The lowest BCUT2D eigenvalue weighted by atomic mass is 10.0. The SMILES string of the molecule is CC(=O)[C@H](CC(C)C)NS(=O)(=O)C(C)C. The Labute approximate surface area is 92.5 Å². The normalized spacial score (nSPS) is 14.6. The first-order chi connectivity index (χ1) is 6.66. The zero-order chi connectivity index (χ0) is 12.2. The van der Waals surface area contributed by atoms with E-state index in [9.17, 15) is 13.2 Å². The highest BCUT2D eigenvalue weighted by Crippen LogP contribution is 2.08. The van der Waals surface area contributed by atoms with Crippen LogP contribution in [0.1, 0.15) is 41.0 Å². The van der Waals surface area contributed by atoms with E-state index in [2.05, 4.69) is 4.72 Å². The molecule has 0 saturated heterocycles. The van der Waals surface area contributed by atoms with Crippen LogP contribution >= 0.6 is 0 Å². The first-order valence-corrected chi connectivity index (χ1v) is 6.73. The molecule has 0 fully saturated rings. The second-order valence-corrected chi connectivity index (χ2v) is 6.77. The van der Waals surface area contributed by atoms with Crippen LogP contribution in [-0.2, 0) is 14.8 Å². The fourth-order valence-corrected chi connectivity index (χ4v) is 2.03. The van der Waals surface area contributed by atoms with Gasteiger partial charge in [0.25, 0.3) is 0 Å². The smallest absolute Gasteiger partial charge is 0.214 e. The average molecular weight is 235 g/mol. The van der Waals surface area contributed by atoms with Crippen molar-refractivity contribution in [3.05, 3.63) is 0 Å². The minimum Gasteiger partial charge on any atom is -0.298 e. The van der Waals surface area contributed by atoms with Crippen molar-refractivity contribution in [2.24, 2.45) is 5.92 Å². The minimum absolute atomic E-state index is 0.132. The Hall–Kier alpha value is -0.420. The lowest BCUT2D eigenvalue weighted by molar-refractivity contribution is -0.118. The van der Waals surface area contributed by atoms with Gasteiger partial charge in [-0.25, -0.2) is 13.1 Å². The zero-order valence-electron chi connectivity index (χ0n) is 10.1. The van der Waals surface area contributed by atoms with Crippen molar-refractivity contribution in [2.75, 3.05) is 0 Å². The third-order valence-electron chi connectivity index (χ3n) is 2.12. The van der Waals surface area contributed by atoms with E-state index in [0.717, 1.165) is 0 Å². The summed E-state index contributed by atoms with van der Waals surface area (Å²) in [6.45, 7) is 8.51. The van der Waals surface area contributed by atoms with E-state index in [0.29, 0.717) is 6.42 Å². The van der Waals surface area contributed by atoms with Crippen molar-refractivity contribution < 1.29 is 13.2 Å². The number of carbonyl (C=O) groups is 1. The van der Waals surface area contributed by atoms with E-state index in [1.165, 1.54) is 6.92 Å². The Kier molecular flexibility index (Phi) is 5.45. The molecule has 0 aliphatic heterocycles. The highest BCUT2D eigenvalue weighted by molar-refractivity contribution is 7.90. The van der Waals surface area contributed by atoms with Crippen LogP contribution in [0.25, 0.3) is 0 Å². The van der Waals surface area contributed by atoms with Gasteiger partial charge in [-0.1, -0.05) is 13.8 Å². The number of sulfonamides is 1. The largest absolute Gasteiger partial charge is 0.298 e. The molecule has 0 bridgehead atoms. The highest BCUT2D eigenvalue weighted by Gasteiger charge is 2.24. The van der Waals surface area contributed by atoms with Gasteiger partial charge in [-0.05, 0) is 33.1 Å². The van der Waals surface area contributed by atoms with Crippen molar-refractivity contribution >= 4 is 15.8 Å². The molecule has 0 radical (unpaired) electrons. The molecule has 0 heterocycles. The Morgan fingerprint density at radius 3 is 1.93 bits per heavy atom. The van der Waals surface area contributed by atoms with Gasteiger partial charge in [0, 0.05) is 0 Å². The fraction of sp³-hybridized carbons (Fsp3) is 0.900. The summed E-state index contributed by atoms with van der Waals surface area (Å²) in [5, 5.41) is -0.508. The van der Waals surface area contributed by atoms with E-state index >= 15 is 0 Å². The van der Waals surface area contributed by atoms with Crippen molar-refractivity contribution in [3.63, 3.8) is 0 Å². The molecule has 0 rings (SSSR count). The Bertz CT molecular complexity index is 307. The molecule has 0 spiro atoms. The van der Waals surface area contributed by atoms with E-state index in [1.54, 1.807) is 13.8 Å². The third kappa shape index (κ3) is 5.28. The number of hydrogen-bond donors (Lipinski definition) is 1. The van der Waals surface area contributed by atoms with Gasteiger partial charge in [0.1, 0.15) is 5.78 Å². The summed E-state index contributed by atoms with van der Waals surface area (Å²) in [7, 11) is -3.36. The molecule has 0 aromatic heterocycles. The predicted molar refractivity (Wildman–Crippen MR) is 61.1 cm³/mol. The van der Waals surface area contributed by atoms with Gasteiger partial charge < -0.3 is 0 Å². The van der Waals surface area contributed by atoms with Gasteiger partial charge in [0.2, 0.25) is 10.0 Å². The van der Waals surface area contributed by atoms with Gasteiger partial charge >= 0.3 is 0 Å². The summed E-state index contributed by atoms with van der Waals surface area (Å²) in [6.07, 6.45) is 0.543. The average Bonchev–Trinajstić information content (AvgIpc) is 2.01. The number of ketones is 1. The molecule has 0 aromatic rings. The fourth-order valence-electron chi connectivity index (χ4n) is 1.10. The van der Waals surface area contributed by atoms with Crippen LogP contribution in [0.15, 0.2) is 0 Å². The van der Waals surface area contributed by atoms with Crippen LogP contribution in [0.3, 0.4) is 0 Å². The number of rotatable bonds is 6. The summed E-state index contributed by atoms with van der Waals surface area (Å²) < 4.78 is 25.6. The molecule has 0 aromatic carbocycles. The molecule has 90 valence electrons. The summed E-state index contributed by atoms with van der Waals surface area (Å²) in [6, 6.07) is -0.586. The van der Waals surface area contributed by atoms with Crippen LogP contribution in [0.2, 0.25) is 0 Å². The second-order valence-electron chi connectivity index (χ2n) is 4.50. The molecule has 1 N–H and O–H groups in total. The van der Waals surface area contributed by atoms with Crippen LogP contribution in [0, 0.1) is 5.92 Å². The van der Waals surface area contributed by atoms with E-state index in [1.807, 2.05) is 13.8 Å². The summed E-state index contributed by atoms with van der Waals surface area (Å²) in [4.78, 5) is 11.3. The maximum absolute atomic E-state index is 11.6. The number of hydrogen-bond acceptors (Lipinski definition) is 3. The molecule has 0 amide bonds. The Morgan fingerprint density at radius 2 is 1.67 bits per heavy atom. The molecule has 0 unspecified atom stereocenters. The Morgan fingerprint density at radius 1 is 1.20 bits per heavy atom. The molecule has 4 nitrogen and oxygen atoms in total. The van der Waals surface area contributed by atoms with Gasteiger partial charge in [0.05, 0.1) is 11.3 Å². The molecule has 0 aliphatic carbocycles. The monoisotopic (exact) mass is 235 g/mol. The van der Waals surface area contributed by atoms with Crippen molar-refractivity contribution in [1.82, 2.24) is 4.72 Å². The minimum atomic E-state index is -3.36. The molecule has 0 saturated carbocycles. The van der Waals surface area contributed by atoms with Crippen LogP contribution < -0.4 is 4.72 Å². The van der Waals surface area contributed by atoms with Crippen LogP contribution in [0.5, 0.6) is 0 Å². The van der Waals surface area contributed by atoms with Gasteiger partial charge in [-0.2, -0.15) is 0 Å². The van der Waals surface area contributed by atoms with Crippen LogP contribution in [0.4, 0.5) is 0 Å². The lowest BCUT2D eigenvalue weighted by Crippen LogP contribution is -2.43. The van der Waals surface area contributed by atoms with Crippen molar-refractivity contribution in [3.8, 4) is 0 Å². The molecule has 1 atom stereocenters. The molecular formula is C10H21NO3S. The molecule has 0 aliphatic rings. The second kappa shape index (κ2) is 5.61. The summed E-state index contributed by atoms with van der Waals surface area (Å²) >= 11 is 0. The summed E-state index contributed by atoms with van der Waals surface area (Å²) in [5.41, 5.74) is 0. The number of carbonyl (C=O) groups excluding carboxylic acids is 1. The Balaban J connectivity index is 4.63. The zero-order valence-corrected chi connectivity index (χ0v) is 10.9. The first kappa shape index (κ1) is 14.6. The summed E-state index contributed by atoms with van der Waals surface area (Å²) in [5.74, 6) is 0.154. The maximum atomic E-state index is 11.6. The van der Waals surface area contributed by atoms with Gasteiger partial charge in [0.15, 0.2) is 0 Å². The van der Waals surface area contributed by atoms with Crippen molar-refractivity contribution in [1.29, 1.82) is 0 Å². The first-order valence-electron chi connectivity index (χ1n) is 5.18. The number of Topliss-reactive ketones (excluding diaryl/α,β-unsaturated/α-hetero) is 1.